The fourth-order valence-electron chi connectivity index (χ4n) is 0.805. The molecule has 6 heteroatoms. The maximum absolute atomic E-state index is 11.3. The lowest BCUT2D eigenvalue weighted by Gasteiger charge is -1.95. The average Bonchev–Trinajstić information content (AvgIpc) is 2.74. The van der Waals surface area contributed by atoms with Crippen LogP contribution < -0.4 is 5.32 Å². The number of carbonyl (C=O) groups excluding carboxylic acids is 1. The number of nitrogens with one attached hydrogen (secondary N) is 1. The summed E-state index contributed by atoms with van der Waals surface area (Å²) < 4.78 is 8.49. The van der Waals surface area contributed by atoms with E-state index >= 15 is 0 Å². The third kappa shape index (κ3) is 1.73. The van der Waals surface area contributed by atoms with Gasteiger partial charge in [0.25, 0.3) is 5.91 Å². The molecule has 0 aliphatic rings. The zero-order chi connectivity index (χ0) is 9.10. The molecule has 2 heterocycles. The molecule has 0 aliphatic carbocycles. The van der Waals surface area contributed by atoms with Gasteiger partial charge in [-0.1, -0.05) is 4.49 Å². The van der Waals surface area contributed by atoms with Crippen molar-refractivity contribution in [3.8, 4) is 0 Å². The van der Waals surface area contributed by atoms with Crippen molar-refractivity contribution in [3.63, 3.8) is 0 Å². The molecule has 2 aromatic heterocycles. The molecule has 0 radical (unpaired) electrons. The highest BCUT2D eigenvalue weighted by Gasteiger charge is 2.09. The van der Waals surface area contributed by atoms with Gasteiger partial charge in [-0.15, -0.1) is 5.10 Å². The van der Waals surface area contributed by atoms with E-state index in [9.17, 15) is 4.79 Å². The molecule has 1 N–H and O–H groups in total. The summed E-state index contributed by atoms with van der Waals surface area (Å²) in [6.07, 6.45) is 1.44. The summed E-state index contributed by atoms with van der Waals surface area (Å²) in [5.74, 6) is 0.372. The Hall–Kier alpha value is -1.69. The molecule has 2 rings (SSSR count). The molecular formula is C7H5N3O2S. The lowest BCUT2D eigenvalue weighted by molar-refractivity contribution is 0.0996. The maximum Gasteiger partial charge on any atom is 0.292 e. The van der Waals surface area contributed by atoms with Gasteiger partial charge < -0.3 is 9.73 Å². The van der Waals surface area contributed by atoms with E-state index in [1.54, 1.807) is 17.5 Å². The van der Waals surface area contributed by atoms with Crippen molar-refractivity contribution in [1.82, 2.24) is 9.59 Å². The first-order valence-corrected chi connectivity index (χ1v) is 4.32. The lowest BCUT2D eigenvalue weighted by atomic mass is 10.4. The second kappa shape index (κ2) is 3.36. The van der Waals surface area contributed by atoms with E-state index in [-0.39, 0.29) is 11.7 Å². The molecule has 66 valence electrons. The van der Waals surface area contributed by atoms with E-state index in [1.807, 2.05) is 0 Å². The Kier molecular flexibility index (Phi) is 2.05. The zero-order valence-electron chi connectivity index (χ0n) is 6.43. The van der Waals surface area contributed by atoms with Crippen LogP contribution in [-0.4, -0.2) is 15.5 Å². The molecule has 0 saturated carbocycles. The van der Waals surface area contributed by atoms with Gasteiger partial charge in [-0.3, -0.25) is 4.79 Å². The molecule has 0 spiro atoms. The average molecular weight is 195 g/mol. The van der Waals surface area contributed by atoms with Crippen LogP contribution in [0.25, 0.3) is 0 Å². The van der Waals surface area contributed by atoms with E-state index in [4.69, 9.17) is 4.42 Å². The molecule has 2 aromatic rings. The van der Waals surface area contributed by atoms with Gasteiger partial charge >= 0.3 is 0 Å². The first-order chi connectivity index (χ1) is 6.36. The van der Waals surface area contributed by atoms with Crippen LogP contribution in [0.3, 0.4) is 0 Å². The zero-order valence-corrected chi connectivity index (χ0v) is 7.25. The minimum Gasteiger partial charge on any atom is -0.459 e. The summed E-state index contributed by atoms with van der Waals surface area (Å²) in [6.45, 7) is 0. The van der Waals surface area contributed by atoms with E-state index in [2.05, 4.69) is 14.9 Å². The van der Waals surface area contributed by atoms with Crippen LogP contribution in [0.1, 0.15) is 10.6 Å². The van der Waals surface area contributed by atoms with Crippen LogP contribution in [0, 0.1) is 0 Å². The minimum absolute atomic E-state index is 0.257. The lowest BCUT2D eigenvalue weighted by Crippen LogP contribution is -2.10. The van der Waals surface area contributed by atoms with Gasteiger partial charge in [-0.25, -0.2) is 0 Å². The normalized spacial score (nSPS) is 9.85. The molecule has 0 saturated heterocycles. The second-order valence-electron chi connectivity index (χ2n) is 2.22. The first-order valence-electron chi connectivity index (χ1n) is 3.48. The highest BCUT2D eigenvalue weighted by molar-refractivity contribution is 7.03. The predicted molar refractivity (Wildman–Crippen MR) is 46.6 cm³/mol. The van der Waals surface area contributed by atoms with Crippen molar-refractivity contribution in [1.29, 1.82) is 0 Å². The highest BCUT2D eigenvalue weighted by atomic mass is 32.1. The minimum atomic E-state index is -0.322. The standard InChI is InChI=1S/C7H5N3O2S/c11-7(5-2-1-3-12-5)8-6-4-13-10-9-6/h1-4H,(H,8,11). The van der Waals surface area contributed by atoms with Gasteiger partial charge in [0.2, 0.25) is 0 Å². The van der Waals surface area contributed by atoms with Crippen molar-refractivity contribution >= 4 is 23.3 Å². The number of rotatable bonds is 2. The second-order valence-corrected chi connectivity index (χ2v) is 2.83. The van der Waals surface area contributed by atoms with Gasteiger partial charge in [0.05, 0.1) is 11.6 Å². The van der Waals surface area contributed by atoms with Gasteiger partial charge in [0.15, 0.2) is 11.6 Å². The molecule has 1 amide bonds. The van der Waals surface area contributed by atoms with Crippen LogP contribution in [-0.2, 0) is 0 Å². The Morgan fingerprint density at radius 3 is 3.15 bits per heavy atom. The van der Waals surface area contributed by atoms with E-state index < -0.39 is 0 Å². The summed E-state index contributed by atoms with van der Waals surface area (Å²) in [5, 5.41) is 7.83. The number of hydrogen-bond donors (Lipinski definition) is 1. The van der Waals surface area contributed by atoms with Crippen molar-refractivity contribution in [2.45, 2.75) is 0 Å². The summed E-state index contributed by atoms with van der Waals surface area (Å²) in [4.78, 5) is 11.3. The summed E-state index contributed by atoms with van der Waals surface area (Å²) in [6, 6.07) is 3.23. The fourth-order valence-corrected chi connectivity index (χ4v) is 1.19. The molecule has 5 nitrogen and oxygen atoms in total. The van der Waals surface area contributed by atoms with E-state index in [0.717, 1.165) is 0 Å². The number of anilines is 1. The van der Waals surface area contributed by atoms with Gasteiger partial charge in [0, 0.05) is 0 Å². The first kappa shape index (κ1) is 7.93. The van der Waals surface area contributed by atoms with Crippen LogP contribution in [0.5, 0.6) is 0 Å². The molecule has 0 aromatic carbocycles. The molecule has 0 bridgehead atoms. The van der Waals surface area contributed by atoms with Gasteiger partial charge in [-0.05, 0) is 23.7 Å². The Labute approximate surface area is 77.5 Å². The highest BCUT2D eigenvalue weighted by Crippen LogP contribution is 2.07. The summed E-state index contributed by atoms with van der Waals surface area (Å²) >= 11 is 1.17. The quantitative estimate of drug-likeness (QED) is 0.786. The third-order valence-corrected chi connectivity index (χ3v) is 1.85. The van der Waals surface area contributed by atoms with Crippen molar-refractivity contribution in [3.05, 3.63) is 29.5 Å². The van der Waals surface area contributed by atoms with Crippen LogP contribution in [0.4, 0.5) is 5.82 Å². The molecule has 0 fully saturated rings. The number of furan rings is 1. The molecule has 0 aliphatic heterocycles. The van der Waals surface area contributed by atoms with Crippen molar-refractivity contribution in [2.24, 2.45) is 0 Å². The molecule has 0 unspecified atom stereocenters. The topological polar surface area (TPSA) is 68.0 Å². The van der Waals surface area contributed by atoms with Gasteiger partial charge in [0.1, 0.15) is 0 Å². The third-order valence-electron chi connectivity index (χ3n) is 1.35. The van der Waals surface area contributed by atoms with E-state index in [1.165, 1.54) is 17.8 Å². The number of carbonyl (C=O) groups is 1. The summed E-state index contributed by atoms with van der Waals surface area (Å²) in [7, 11) is 0. The van der Waals surface area contributed by atoms with E-state index in [0.29, 0.717) is 5.82 Å². The monoisotopic (exact) mass is 195 g/mol. The SMILES string of the molecule is O=C(Nc1csnn1)c1ccco1. The summed E-state index contributed by atoms with van der Waals surface area (Å²) in [5.41, 5.74) is 0. The van der Waals surface area contributed by atoms with Crippen LogP contribution in [0.2, 0.25) is 0 Å². The predicted octanol–water partition coefficient (Wildman–Crippen LogP) is 1.38. The molecular weight excluding hydrogens is 190 g/mol. The number of hydrogen-bond acceptors (Lipinski definition) is 5. The Morgan fingerprint density at radius 1 is 1.62 bits per heavy atom. The van der Waals surface area contributed by atoms with Crippen LogP contribution >= 0.6 is 11.5 Å². The molecule has 0 atom stereocenters. The Bertz CT molecular complexity index is 382. The maximum atomic E-state index is 11.3. The smallest absolute Gasteiger partial charge is 0.292 e. The fraction of sp³-hybridized carbons (Fsp3) is 0. The Morgan fingerprint density at radius 2 is 2.54 bits per heavy atom. The van der Waals surface area contributed by atoms with Gasteiger partial charge in [-0.2, -0.15) is 0 Å². The largest absolute Gasteiger partial charge is 0.459 e. The van der Waals surface area contributed by atoms with Crippen molar-refractivity contribution in [2.75, 3.05) is 5.32 Å². The number of aromatic nitrogens is 2. The van der Waals surface area contributed by atoms with Crippen molar-refractivity contribution < 1.29 is 9.21 Å². The Balaban J connectivity index is 2.08. The van der Waals surface area contributed by atoms with Crippen LogP contribution in [0.15, 0.2) is 28.2 Å². The number of nitrogens with zero attached hydrogens (tertiary/aromatic N) is 2. The molecule has 13 heavy (non-hydrogen) atoms. The number of amides is 1.